The maximum absolute atomic E-state index is 13.1. The summed E-state index contributed by atoms with van der Waals surface area (Å²) in [7, 11) is 6.60. The second-order valence-electron chi connectivity index (χ2n) is 22.9. The van der Waals surface area contributed by atoms with E-state index < -0.39 is 11.2 Å². The summed E-state index contributed by atoms with van der Waals surface area (Å²) in [5.74, 6) is 2.90. The average molecular weight is 1230 g/mol. The molecule has 7 aromatic carbocycles. The molecule has 7 aromatic rings. The number of carbonyl (C=O) groups is 5. The number of ether oxygens (including phenoxy) is 4. The van der Waals surface area contributed by atoms with Crippen molar-refractivity contribution in [2.45, 2.75) is 99.1 Å². The topological polar surface area (TPSA) is 211 Å². The first kappa shape index (κ1) is 69.4. The van der Waals surface area contributed by atoms with E-state index in [2.05, 4.69) is 79.4 Å². The molecule has 6 N–H and O–H groups in total. The monoisotopic (exact) mass is 1230 g/mol. The van der Waals surface area contributed by atoms with Gasteiger partial charge in [0.2, 0.25) is 0 Å². The first-order valence-corrected chi connectivity index (χ1v) is 30.4. The molecular weight excluding hydrogens is 1140 g/mol. The minimum Gasteiger partial charge on any atom is -0.493 e. The van der Waals surface area contributed by atoms with Gasteiger partial charge in [0.25, 0.3) is 23.0 Å². The van der Waals surface area contributed by atoms with E-state index >= 15 is 0 Å². The van der Waals surface area contributed by atoms with Gasteiger partial charge in [-0.2, -0.15) is 0 Å². The molecule has 0 aromatic heterocycles. The van der Waals surface area contributed by atoms with Crippen LogP contribution in [0, 0.1) is 13.8 Å². The molecule has 2 aliphatic rings. The van der Waals surface area contributed by atoms with Crippen molar-refractivity contribution in [2.75, 3.05) is 78.8 Å². The molecule has 3 amide bonds. The Labute approximate surface area is 530 Å². The lowest BCUT2D eigenvalue weighted by Gasteiger charge is -2.29. The molecule has 472 valence electrons. The van der Waals surface area contributed by atoms with Crippen LogP contribution in [-0.2, 0) is 25.9 Å². The number of carboxylic acids is 1. The van der Waals surface area contributed by atoms with Crippen molar-refractivity contribution in [2.24, 2.45) is 0 Å². The van der Waals surface area contributed by atoms with Crippen molar-refractivity contribution in [1.82, 2.24) is 20.4 Å². The molecule has 2 heterocycles. The summed E-state index contributed by atoms with van der Waals surface area (Å²) >= 11 is 5.30. The number of rotatable bonds is 19. The predicted molar refractivity (Wildman–Crippen MR) is 355 cm³/mol. The molecule has 89 heavy (non-hydrogen) atoms. The largest absolute Gasteiger partial charge is 0.493 e. The van der Waals surface area contributed by atoms with Crippen LogP contribution in [0.3, 0.4) is 0 Å². The van der Waals surface area contributed by atoms with Crippen molar-refractivity contribution in [1.29, 1.82) is 0 Å². The summed E-state index contributed by atoms with van der Waals surface area (Å²) in [5.41, 5.74) is 19.9. The van der Waals surface area contributed by atoms with E-state index in [1.54, 1.807) is 64.8 Å². The highest BCUT2D eigenvalue weighted by atomic mass is 35.5. The van der Waals surface area contributed by atoms with E-state index in [0.29, 0.717) is 70.0 Å². The van der Waals surface area contributed by atoms with Gasteiger partial charge >= 0.3 is 5.97 Å². The Balaban J connectivity index is 0.000000213. The van der Waals surface area contributed by atoms with Crippen molar-refractivity contribution >= 4 is 51.9 Å². The number of hydrogen-bond acceptors (Lipinski definition) is 12. The van der Waals surface area contributed by atoms with Gasteiger partial charge in [-0.15, -0.1) is 0 Å². The van der Waals surface area contributed by atoms with Crippen LogP contribution < -0.4 is 40.6 Å². The number of nitrogens with one attached hydrogen (secondary N) is 3. The molecule has 17 heteroatoms. The number of benzene rings is 7. The van der Waals surface area contributed by atoms with Crippen molar-refractivity contribution in [3.05, 3.63) is 211 Å². The molecule has 0 aliphatic carbocycles. The molecule has 0 bridgehead atoms. The van der Waals surface area contributed by atoms with Gasteiger partial charge in [-0.05, 0) is 179 Å². The fourth-order valence-electron chi connectivity index (χ4n) is 10.2. The normalized spacial score (nSPS) is 12.5. The predicted octanol–water partition coefficient (Wildman–Crippen LogP) is 13.3. The molecule has 0 radical (unpaired) electrons. The Kier molecular flexibility index (Phi) is 26.2. The summed E-state index contributed by atoms with van der Waals surface area (Å²) in [5, 5.41) is 17.2. The van der Waals surface area contributed by atoms with Crippen molar-refractivity contribution in [3.8, 4) is 23.0 Å². The Bertz CT molecular complexity index is 3470. The molecule has 9 rings (SSSR count). The van der Waals surface area contributed by atoms with Crippen LogP contribution in [0.2, 0.25) is 0 Å². The lowest BCUT2D eigenvalue weighted by Crippen LogP contribution is -2.38. The second kappa shape index (κ2) is 33.6. The van der Waals surface area contributed by atoms with Crippen LogP contribution in [0.15, 0.2) is 133 Å². The SMILES string of the molecule is CC(C)c1ccc(C(=O)Cl)cc1.CC(C)c1ccc(C(=O)O)cc1.COc1cc2c(cc1OC)CN(CCNC(=O)c1cccc(C)c1N)CC2.COc1cc2c(cc1OC)CN(CCNC(=O)c1cccc(C)c1NC(=O)c1ccc(C(C)C)cc1)CC2. The van der Waals surface area contributed by atoms with E-state index in [4.69, 9.17) is 41.4 Å². The first-order chi connectivity index (χ1) is 42.5. The lowest BCUT2D eigenvalue weighted by molar-refractivity contribution is 0.0695. The Morgan fingerprint density at radius 2 is 0.876 bits per heavy atom. The minimum atomic E-state index is -0.870. The number of amides is 3. The smallest absolute Gasteiger partial charge is 0.335 e. The molecule has 0 unspecified atom stereocenters. The summed E-state index contributed by atoms with van der Waals surface area (Å²) in [6.07, 6.45) is 1.87. The number of nitrogens with zero attached hydrogens (tertiary/aromatic N) is 2. The fraction of sp³-hybridized carbons (Fsp3) is 0.347. The van der Waals surface area contributed by atoms with E-state index in [0.717, 1.165) is 86.2 Å². The summed E-state index contributed by atoms with van der Waals surface area (Å²) < 4.78 is 21.7. The second-order valence-corrected chi connectivity index (χ2v) is 23.3. The summed E-state index contributed by atoms with van der Waals surface area (Å²) in [6, 6.07) is 41.1. The number of methoxy groups -OCH3 is 4. The average Bonchev–Trinajstić information content (AvgIpc) is 1.80. The van der Waals surface area contributed by atoms with Gasteiger partial charge in [-0.3, -0.25) is 29.0 Å². The molecule has 2 aliphatic heterocycles. The Morgan fingerprint density at radius 1 is 0.506 bits per heavy atom. The number of carboxylic acid groups (broad SMARTS) is 1. The molecule has 0 fully saturated rings. The van der Waals surface area contributed by atoms with E-state index in [9.17, 15) is 24.0 Å². The molecule has 0 saturated carbocycles. The number of carbonyl (C=O) groups excluding carboxylic acids is 4. The third-order valence-corrected chi connectivity index (χ3v) is 16.0. The standard InChI is InChI=1S/C31H37N3O4.C21H27N3O3.C10H11ClO.C10H12O2/c1-20(2)22-9-11-23(12-10-22)30(35)33-29-21(3)7-6-8-26(29)31(36)32-14-16-34-15-13-24-17-27(37-4)28(38-5)18-25(24)19-34;1-14-5-4-6-17(20(14)22)21(25)23-8-10-24-9-7-15-11-18(26-2)19(27-3)12-16(15)13-24;2*1-7(2)8-3-5-9(6-4-8)10(11)12/h6-12,17-18,20H,13-16,19H2,1-5H3,(H,32,36)(H,33,35);4-6,11-12H,7-10,13,22H2,1-3H3,(H,23,25);3-7H,1-2H3;3-7H,1-2H3,(H,11,12). The number of nitrogen functional groups attached to an aromatic ring is 1. The highest BCUT2D eigenvalue weighted by Gasteiger charge is 2.23. The van der Waals surface area contributed by atoms with Gasteiger partial charge in [-0.25, -0.2) is 4.79 Å². The van der Waals surface area contributed by atoms with Crippen LogP contribution in [0.5, 0.6) is 23.0 Å². The van der Waals surface area contributed by atoms with Crippen LogP contribution in [-0.4, -0.2) is 112 Å². The number of anilines is 2. The van der Waals surface area contributed by atoms with Crippen LogP contribution in [0.4, 0.5) is 11.4 Å². The van der Waals surface area contributed by atoms with Crippen molar-refractivity contribution in [3.63, 3.8) is 0 Å². The van der Waals surface area contributed by atoms with Crippen LogP contribution in [0.25, 0.3) is 0 Å². The molecule has 0 spiro atoms. The number of hydrogen-bond donors (Lipinski definition) is 5. The van der Waals surface area contributed by atoms with E-state index in [-0.39, 0.29) is 17.7 Å². The zero-order chi connectivity index (χ0) is 64.9. The molecular formula is C72H87ClN6O10. The van der Waals surface area contributed by atoms with Gasteiger partial charge < -0.3 is 45.7 Å². The number of aryl methyl sites for hydroxylation is 2. The summed E-state index contributed by atoms with van der Waals surface area (Å²) in [4.78, 5) is 64.3. The van der Waals surface area contributed by atoms with Gasteiger partial charge in [0.05, 0.1) is 50.8 Å². The van der Waals surface area contributed by atoms with Gasteiger partial charge in [-0.1, -0.05) is 102 Å². The zero-order valence-corrected chi connectivity index (χ0v) is 54.2. The first-order valence-electron chi connectivity index (χ1n) is 30.0. The number of nitrogens with two attached hydrogens (primary N) is 1. The third-order valence-electron chi connectivity index (χ3n) is 15.8. The van der Waals surface area contributed by atoms with E-state index in [1.807, 2.05) is 98.8 Å². The Hall–Kier alpha value is -8.70. The van der Waals surface area contributed by atoms with E-state index in [1.165, 1.54) is 38.9 Å². The van der Waals surface area contributed by atoms with Gasteiger partial charge in [0.15, 0.2) is 23.0 Å². The maximum atomic E-state index is 13.1. The number of para-hydroxylation sites is 2. The molecule has 0 saturated heterocycles. The fourth-order valence-corrected chi connectivity index (χ4v) is 10.4. The van der Waals surface area contributed by atoms with Gasteiger partial charge in [0.1, 0.15) is 0 Å². The quantitative estimate of drug-likeness (QED) is 0.0377. The molecule has 0 atom stereocenters. The highest BCUT2D eigenvalue weighted by molar-refractivity contribution is 6.67. The maximum Gasteiger partial charge on any atom is 0.335 e. The number of fused-ring (bicyclic) bond motifs is 2. The third kappa shape index (κ3) is 19.6. The summed E-state index contributed by atoms with van der Waals surface area (Å²) in [6.45, 7) is 22.5. The van der Waals surface area contributed by atoms with Crippen LogP contribution >= 0.6 is 11.6 Å². The Morgan fingerprint density at radius 3 is 1.27 bits per heavy atom. The highest BCUT2D eigenvalue weighted by Crippen LogP contribution is 2.35. The van der Waals surface area contributed by atoms with Crippen molar-refractivity contribution < 1.29 is 48.0 Å². The number of aromatic carboxylic acids is 1. The molecule has 16 nitrogen and oxygen atoms in total. The lowest BCUT2D eigenvalue weighted by atomic mass is 9.99. The van der Waals surface area contributed by atoms with Gasteiger partial charge in [0, 0.05) is 69.2 Å². The van der Waals surface area contributed by atoms with Crippen LogP contribution in [0.1, 0.15) is 161 Å². The minimum absolute atomic E-state index is 0.125. The number of halogens is 1. The zero-order valence-electron chi connectivity index (χ0n) is 53.5.